The highest BCUT2D eigenvalue weighted by atomic mass is 16.6. The second kappa shape index (κ2) is 5.90. The minimum atomic E-state index is -0.612. The molecule has 0 unspecified atom stereocenters. The van der Waals surface area contributed by atoms with Crippen LogP contribution in [0.15, 0.2) is 0 Å². The van der Waals surface area contributed by atoms with Crippen LogP contribution in [0.5, 0.6) is 0 Å². The summed E-state index contributed by atoms with van der Waals surface area (Å²) in [6.45, 7) is 5.73. The van der Waals surface area contributed by atoms with Gasteiger partial charge in [0.25, 0.3) is 0 Å². The Kier molecular flexibility index (Phi) is 4.77. The normalized spacial score (nSPS) is 24.2. The molecule has 0 bridgehead atoms. The first-order chi connectivity index (χ1) is 8.26. The summed E-state index contributed by atoms with van der Waals surface area (Å²) < 4.78 is 10.5. The summed E-state index contributed by atoms with van der Waals surface area (Å²) in [4.78, 5) is 22.1. The summed E-state index contributed by atoms with van der Waals surface area (Å²) in [6, 6.07) is -0.718. The molecule has 2 atom stereocenters. The van der Waals surface area contributed by atoms with Gasteiger partial charge in [-0.05, 0) is 33.6 Å². The Hall–Kier alpha value is -1.50. The van der Waals surface area contributed by atoms with Crippen LogP contribution in [0.25, 0.3) is 0 Å². The number of urea groups is 1. The molecule has 18 heavy (non-hydrogen) atoms. The van der Waals surface area contributed by atoms with E-state index in [4.69, 9.17) is 15.2 Å². The van der Waals surface area contributed by atoms with Gasteiger partial charge in [0.05, 0.1) is 12.6 Å². The molecule has 7 nitrogen and oxygen atoms in total. The summed E-state index contributed by atoms with van der Waals surface area (Å²) in [5.41, 5.74) is 4.47. The molecule has 0 radical (unpaired) electrons. The Balaban J connectivity index is 2.27. The molecule has 3 amide bonds. The summed E-state index contributed by atoms with van der Waals surface area (Å²) >= 11 is 0. The number of carbonyl (C=O) groups is 2. The van der Waals surface area contributed by atoms with Crippen LogP contribution in [0.2, 0.25) is 0 Å². The Labute approximate surface area is 106 Å². The number of primary amides is 1. The fourth-order valence-corrected chi connectivity index (χ4v) is 1.61. The van der Waals surface area contributed by atoms with Crippen molar-refractivity contribution in [2.75, 3.05) is 6.61 Å². The quantitative estimate of drug-likeness (QED) is 0.678. The first kappa shape index (κ1) is 14.6. The average molecular weight is 259 g/mol. The fraction of sp³-hybridized carbons (Fsp3) is 0.818. The van der Waals surface area contributed by atoms with Gasteiger partial charge in [-0.15, -0.1) is 0 Å². The third kappa shape index (κ3) is 5.72. The first-order valence-corrected chi connectivity index (χ1v) is 5.93. The first-order valence-electron chi connectivity index (χ1n) is 5.93. The number of nitrogens with one attached hydrogen (secondary N) is 2. The van der Waals surface area contributed by atoms with Crippen molar-refractivity contribution < 1.29 is 19.1 Å². The Morgan fingerprint density at radius 1 is 1.28 bits per heavy atom. The van der Waals surface area contributed by atoms with E-state index >= 15 is 0 Å². The molecule has 104 valence electrons. The topological polar surface area (TPSA) is 103 Å². The predicted molar refractivity (Wildman–Crippen MR) is 64.9 cm³/mol. The largest absolute Gasteiger partial charge is 0.444 e. The lowest BCUT2D eigenvalue weighted by Crippen LogP contribution is -2.49. The molecule has 0 aliphatic carbocycles. The number of nitrogens with two attached hydrogens (primary N) is 1. The van der Waals surface area contributed by atoms with E-state index in [0.717, 1.165) is 0 Å². The van der Waals surface area contributed by atoms with Crippen molar-refractivity contribution in [3.63, 3.8) is 0 Å². The number of carbonyl (C=O) groups excluding carboxylic acids is 2. The maximum Gasteiger partial charge on any atom is 0.407 e. The smallest absolute Gasteiger partial charge is 0.407 e. The lowest BCUT2D eigenvalue weighted by Gasteiger charge is -2.30. The second-order valence-electron chi connectivity index (χ2n) is 5.25. The van der Waals surface area contributed by atoms with Crippen molar-refractivity contribution in [3.8, 4) is 0 Å². The molecule has 4 N–H and O–H groups in total. The molecule has 0 aromatic heterocycles. The average Bonchev–Trinajstić information content (AvgIpc) is 2.17. The van der Waals surface area contributed by atoms with Crippen LogP contribution in [0, 0.1) is 0 Å². The highest BCUT2D eigenvalue weighted by Crippen LogP contribution is 2.13. The molecule has 0 saturated carbocycles. The van der Waals surface area contributed by atoms with Crippen molar-refractivity contribution in [2.24, 2.45) is 5.73 Å². The van der Waals surface area contributed by atoms with Crippen molar-refractivity contribution >= 4 is 12.1 Å². The molecule has 0 aromatic carbocycles. The molecule has 7 heteroatoms. The van der Waals surface area contributed by atoms with E-state index in [1.165, 1.54) is 0 Å². The lowest BCUT2D eigenvalue weighted by molar-refractivity contribution is -0.0181. The van der Waals surface area contributed by atoms with E-state index in [-0.39, 0.29) is 12.3 Å². The predicted octanol–water partition coefficient (Wildman–Crippen LogP) is 0.685. The number of ether oxygens (including phenoxy) is 2. The zero-order chi connectivity index (χ0) is 13.8. The zero-order valence-electron chi connectivity index (χ0n) is 11.0. The van der Waals surface area contributed by atoms with Crippen LogP contribution in [0.3, 0.4) is 0 Å². The van der Waals surface area contributed by atoms with E-state index < -0.39 is 17.7 Å². The van der Waals surface area contributed by atoms with Crippen LogP contribution in [0.1, 0.15) is 33.6 Å². The minimum absolute atomic E-state index is 0.106. The molecular formula is C11H21N3O4. The number of rotatable bonds is 2. The van der Waals surface area contributed by atoms with Gasteiger partial charge in [-0.3, -0.25) is 0 Å². The highest BCUT2D eigenvalue weighted by Gasteiger charge is 2.25. The van der Waals surface area contributed by atoms with Crippen LogP contribution in [0.4, 0.5) is 9.59 Å². The number of alkyl carbamates (subject to hydrolysis) is 1. The molecule has 0 spiro atoms. The van der Waals surface area contributed by atoms with E-state index in [1.54, 1.807) is 20.8 Å². The van der Waals surface area contributed by atoms with Gasteiger partial charge in [0.15, 0.2) is 0 Å². The summed E-state index contributed by atoms with van der Waals surface area (Å²) in [7, 11) is 0. The molecule has 1 saturated heterocycles. The van der Waals surface area contributed by atoms with Crippen LogP contribution >= 0.6 is 0 Å². The van der Waals surface area contributed by atoms with Gasteiger partial charge < -0.3 is 25.8 Å². The molecule has 1 rings (SSSR count). The minimum Gasteiger partial charge on any atom is -0.444 e. The Bertz CT molecular complexity index is 306. The van der Waals surface area contributed by atoms with Crippen LogP contribution in [-0.4, -0.2) is 36.6 Å². The van der Waals surface area contributed by atoms with Gasteiger partial charge in [-0.2, -0.15) is 0 Å². The Morgan fingerprint density at radius 2 is 1.94 bits per heavy atom. The van der Waals surface area contributed by atoms with E-state index in [0.29, 0.717) is 19.4 Å². The molecule has 0 aromatic rings. The van der Waals surface area contributed by atoms with Crippen molar-refractivity contribution in [1.29, 1.82) is 0 Å². The monoisotopic (exact) mass is 259 g/mol. The van der Waals surface area contributed by atoms with Gasteiger partial charge in [-0.25, -0.2) is 9.59 Å². The van der Waals surface area contributed by atoms with Gasteiger partial charge >= 0.3 is 12.1 Å². The SMILES string of the molecule is CC(C)(C)OC(=O)N[C@@H]1CC[C@@H](NC(N)=O)OC1. The maximum absolute atomic E-state index is 11.5. The van der Waals surface area contributed by atoms with Crippen LogP contribution < -0.4 is 16.4 Å². The van der Waals surface area contributed by atoms with Crippen molar-refractivity contribution in [1.82, 2.24) is 10.6 Å². The number of amides is 3. The second-order valence-corrected chi connectivity index (χ2v) is 5.25. The standard InChI is InChI=1S/C11H21N3O4/c1-11(2,3)18-10(16)13-7-4-5-8(17-6-7)14-9(12)15/h7-8H,4-6H2,1-3H3,(H,13,16)(H3,12,14,15)/t7-,8+/m1/s1. The van der Waals surface area contributed by atoms with Gasteiger partial charge in [0.2, 0.25) is 0 Å². The Morgan fingerprint density at radius 3 is 2.39 bits per heavy atom. The van der Waals surface area contributed by atoms with Gasteiger partial charge in [0, 0.05) is 0 Å². The van der Waals surface area contributed by atoms with Crippen LogP contribution in [-0.2, 0) is 9.47 Å². The molecule has 1 aliphatic heterocycles. The summed E-state index contributed by atoms with van der Waals surface area (Å²) in [6.07, 6.45) is 0.463. The van der Waals surface area contributed by atoms with E-state index in [1.807, 2.05) is 0 Å². The van der Waals surface area contributed by atoms with Gasteiger partial charge in [-0.1, -0.05) is 0 Å². The molecule has 1 aliphatic rings. The van der Waals surface area contributed by atoms with Crippen molar-refractivity contribution in [2.45, 2.75) is 51.5 Å². The number of hydrogen-bond acceptors (Lipinski definition) is 4. The zero-order valence-corrected chi connectivity index (χ0v) is 11.0. The third-order valence-corrected chi connectivity index (χ3v) is 2.30. The summed E-state index contributed by atoms with van der Waals surface area (Å²) in [5, 5.41) is 5.19. The number of hydrogen-bond donors (Lipinski definition) is 3. The fourth-order valence-electron chi connectivity index (χ4n) is 1.61. The highest BCUT2D eigenvalue weighted by molar-refractivity contribution is 5.71. The van der Waals surface area contributed by atoms with Gasteiger partial charge in [0.1, 0.15) is 11.8 Å². The molecule has 1 fully saturated rings. The van der Waals surface area contributed by atoms with E-state index in [9.17, 15) is 9.59 Å². The van der Waals surface area contributed by atoms with E-state index in [2.05, 4.69) is 10.6 Å². The van der Waals surface area contributed by atoms with Crippen molar-refractivity contribution in [3.05, 3.63) is 0 Å². The summed E-state index contributed by atoms with van der Waals surface area (Å²) in [5.74, 6) is 0. The lowest BCUT2D eigenvalue weighted by atomic mass is 10.1. The molecular weight excluding hydrogens is 238 g/mol. The molecule has 1 heterocycles. The third-order valence-electron chi connectivity index (χ3n) is 2.30. The maximum atomic E-state index is 11.5.